The highest BCUT2D eigenvalue weighted by atomic mass is 35.5. The molecule has 2 aromatic carbocycles. The lowest BCUT2D eigenvalue weighted by atomic mass is 10.1. The van der Waals surface area contributed by atoms with Gasteiger partial charge >= 0.3 is 0 Å². The van der Waals surface area contributed by atoms with Crippen LogP contribution in [0.25, 0.3) is 0 Å². The molecule has 0 unspecified atom stereocenters. The van der Waals surface area contributed by atoms with Gasteiger partial charge in [0.05, 0.1) is 12.1 Å². The Balaban J connectivity index is 2.13. The molecule has 0 aliphatic heterocycles. The molecular formula is C16H17ClFNO2. The molecule has 2 N–H and O–H groups in total. The Kier molecular flexibility index (Phi) is 5.42. The molecule has 2 rings (SSSR count). The van der Waals surface area contributed by atoms with Gasteiger partial charge in [-0.1, -0.05) is 17.7 Å². The fourth-order valence-electron chi connectivity index (χ4n) is 1.96. The summed E-state index contributed by atoms with van der Waals surface area (Å²) in [5, 5.41) is 0.0908. The maximum atomic E-state index is 13.1. The van der Waals surface area contributed by atoms with E-state index in [1.807, 2.05) is 18.2 Å². The van der Waals surface area contributed by atoms with Gasteiger partial charge in [-0.2, -0.15) is 0 Å². The van der Waals surface area contributed by atoms with Crippen molar-refractivity contribution < 1.29 is 13.9 Å². The van der Waals surface area contributed by atoms with Crippen LogP contribution in [0.4, 0.5) is 4.39 Å². The molecule has 0 heterocycles. The van der Waals surface area contributed by atoms with Crippen LogP contribution in [-0.2, 0) is 13.0 Å². The second-order valence-electron chi connectivity index (χ2n) is 4.55. The number of benzene rings is 2. The number of halogens is 2. The van der Waals surface area contributed by atoms with Crippen LogP contribution in [0.3, 0.4) is 0 Å². The second-order valence-corrected chi connectivity index (χ2v) is 4.96. The zero-order valence-corrected chi connectivity index (χ0v) is 12.5. The van der Waals surface area contributed by atoms with E-state index in [0.29, 0.717) is 19.6 Å². The van der Waals surface area contributed by atoms with Crippen LogP contribution in [0.1, 0.15) is 11.1 Å². The molecule has 0 spiro atoms. The average molecular weight is 310 g/mol. The van der Waals surface area contributed by atoms with Gasteiger partial charge in [0.15, 0.2) is 0 Å². The topological polar surface area (TPSA) is 44.5 Å². The van der Waals surface area contributed by atoms with Gasteiger partial charge < -0.3 is 15.2 Å². The zero-order valence-electron chi connectivity index (χ0n) is 11.7. The Morgan fingerprint density at radius 2 is 2.00 bits per heavy atom. The van der Waals surface area contributed by atoms with Gasteiger partial charge in [-0.25, -0.2) is 4.39 Å². The summed E-state index contributed by atoms with van der Waals surface area (Å²) in [6.07, 6.45) is 0.691. The monoisotopic (exact) mass is 309 g/mol. The molecule has 21 heavy (non-hydrogen) atoms. The van der Waals surface area contributed by atoms with Gasteiger partial charge in [0.1, 0.15) is 23.9 Å². The van der Waals surface area contributed by atoms with Crippen LogP contribution < -0.4 is 15.2 Å². The third-order valence-corrected chi connectivity index (χ3v) is 3.35. The van der Waals surface area contributed by atoms with Crippen molar-refractivity contribution in [2.24, 2.45) is 5.73 Å². The molecule has 0 aliphatic rings. The Morgan fingerprint density at radius 1 is 1.19 bits per heavy atom. The Morgan fingerprint density at radius 3 is 2.67 bits per heavy atom. The van der Waals surface area contributed by atoms with Crippen molar-refractivity contribution in [3.8, 4) is 11.5 Å². The molecular weight excluding hydrogens is 293 g/mol. The molecule has 0 aliphatic carbocycles. The summed E-state index contributed by atoms with van der Waals surface area (Å²) in [5.41, 5.74) is 7.39. The maximum Gasteiger partial charge on any atom is 0.141 e. The summed E-state index contributed by atoms with van der Waals surface area (Å²) in [5.74, 6) is 1.06. The first kappa shape index (κ1) is 15.6. The first-order valence-corrected chi connectivity index (χ1v) is 6.95. The van der Waals surface area contributed by atoms with Gasteiger partial charge in [-0.15, -0.1) is 0 Å². The van der Waals surface area contributed by atoms with E-state index in [4.69, 9.17) is 26.8 Å². The molecule has 2 aromatic rings. The predicted octanol–water partition coefficient (Wildman–Crippen LogP) is 3.57. The first-order valence-electron chi connectivity index (χ1n) is 6.57. The number of hydrogen-bond donors (Lipinski definition) is 1. The predicted molar refractivity (Wildman–Crippen MR) is 81.5 cm³/mol. The summed E-state index contributed by atoms with van der Waals surface area (Å²) in [6, 6.07) is 10.1. The van der Waals surface area contributed by atoms with Crippen molar-refractivity contribution in [2.75, 3.05) is 13.7 Å². The third-order valence-electron chi connectivity index (χ3n) is 3.06. The highest BCUT2D eigenvalue weighted by Gasteiger charge is 2.07. The number of methoxy groups -OCH3 is 1. The molecule has 0 fully saturated rings. The molecule has 0 bridgehead atoms. The van der Waals surface area contributed by atoms with Crippen molar-refractivity contribution in [1.82, 2.24) is 0 Å². The SMILES string of the molecule is COc1ccc(OCc2ccc(F)c(Cl)c2)c(CCN)c1. The van der Waals surface area contributed by atoms with Gasteiger partial charge in [0.25, 0.3) is 0 Å². The van der Waals surface area contributed by atoms with Crippen molar-refractivity contribution in [1.29, 1.82) is 0 Å². The Bertz CT molecular complexity index is 619. The van der Waals surface area contributed by atoms with E-state index >= 15 is 0 Å². The summed E-state index contributed by atoms with van der Waals surface area (Å²) in [6.45, 7) is 0.829. The van der Waals surface area contributed by atoms with Crippen LogP contribution in [0.5, 0.6) is 11.5 Å². The lowest BCUT2D eigenvalue weighted by Crippen LogP contribution is -2.06. The van der Waals surface area contributed by atoms with Crippen molar-refractivity contribution in [2.45, 2.75) is 13.0 Å². The van der Waals surface area contributed by atoms with E-state index in [-0.39, 0.29) is 5.02 Å². The number of ether oxygens (including phenoxy) is 2. The average Bonchev–Trinajstić information content (AvgIpc) is 2.49. The Labute approximate surface area is 128 Å². The van der Waals surface area contributed by atoms with Gasteiger partial charge in [-0.3, -0.25) is 0 Å². The minimum Gasteiger partial charge on any atom is -0.497 e. The molecule has 5 heteroatoms. The maximum absolute atomic E-state index is 13.1. The highest BCUT2D eigenvalue weighted by Crippen LogP contribution is 2.26. The van der Waals surface area contributed by atoms with Crippen LogP contribution in [0.2, 0.25) is 5.02 Å². The highest BCUT2D eigenvalue weighted by molar-refractivity contribution is 6.30. The molecule has 0 saturated carbocycles. The minimum absolute atomic E-state index is 0.0908. The summed E-state index contributed by atoms with van der Waals surface area (Å²) < 4.78 is 24.1. The normalized spacial score (nSPS) is 10.5. The number of hydrogen-bond acceptors (Lipinski definition) is 3. The summed E-state index contributed by atoms with van der Waals surface area (Å²) in [7, 11) is 1.61. The molecule has 0 aromatic heterocycles. The van der Waals surface area contributed by atoms with Gasteiger partial charge in [-0.05, 0) is 54.4 Å². The van der Waals surface area contributed by atoms with E-state index in [1.165, 1.54) is 6.07 Å². The second kappa shape index (κ2) is 7.29. The van der Waals surface area contributed by atoms with E-state index < -0.39 is 5.82 Å². The van der Waals surface area contributed by atoms with Crippen LogP contribution in [-0.4, -0.2) is 13.7 Å². The molecule has 112 valence electrons. The first-order chi connectivity index (χ1) is 10.1. The molecule has 0 amide bonds. The quantitative estimate of drug-likeness (QED) is 0.887. The molecule has 0 radical (unpaired) electrons. The Hall–Kier alpha value is -1.78. The standard InChI is InChI=1S/C16H17ClFNO2/c1-20-13-3-5-16(12(9-13)6-7-19)21-10-11-2-4-15(18)14(17)8-11/h2-5,8-9H,6-7,10,19H2,1H3. The van der Waals surface area contributed by atoms with E-state index in [1.54, 1.807) is 19.2 Å². The van der Waals surface area contributed by atoms with E-state index in [9.17, 15) is 4.39 Å². The van der Waals surface area contributed by atoms with Gasteiger partial charge in [0.2, 0.25) is 0 Å². The van der Waals surface area contributed by atoms with Crippen molar-refractivity contribution in [3.63, 3.8) is 0 Å². The number of nitrogens with two attached hydrogens (primary N) is 1. The van der Waals surface area contributed by atoms with Crippen LogP contribution in [0.15, 0.2) is 36.4 Å². The van der Waals surface area contributed by atoms with Crippen LogP contribution in [0, 0.1) is 5.82 Å². The van der Waals surface area contributed by atoms with Crippen molar-refractivity contribution in [3.05, 3.63) is 58.4 Å². The fourth-order valence-corrected chi connectivity index (χ4v) is 2.17. The van der Waals surface area contributed by atoms with Crippen molar-refractivity contribution >= 4 is 11.6 Å². The molecule has 0 saturated heterocycles. The minimum atomic E-state index is -0.436. The van der Waals surface area contributed by atoms with E-state index in [0.717, 1.165) is 22.6 Å². The molecule has 3 nitrogen and oxygen atoms in total. The largest absolute Gasteiger partial charge is 0.497 e. The summed E-state index contributed by atoms with van der Waals surface area (Å²) >= 11 is 5.75. The fraction of sp³-hybridized carbons (Fsp3) is 0.250. The zero-order chi connectivity index (χ0) is 15.2. The third kappa shape index (κ3) is 4.09. The van der Waals surface area contributed by atoms with Crippen LogP contribution >= 0.6 is 11.6 Å². The van der Waals surface area contributed by atoms with Gasteiger partial charge in [0, 0.05) is 0 Å². The smallest absolute Gasteiger partial charge is 0.141 e. The van der Waals surface area contributed by atoms with E-state index in [2.05, 4.69) is 0 Å². The summed E-state index contributed by atoms with van der Waals surface area (Å²) in [4.78, 5) is 0. The lowest BCUT2D eigenvalue weighted by Gasteiger charge is -2.13. The number of rotatable bonds is 6. The molecule has 0 atom stereocenters. The lowest BCUT2D eigenvalue weighted by molar-refractivity contribution is 0.302.